The average Bonchev–Trinajstić information content (AvgIpc) is 2.63. The van der Waals surface area contributed by atoms with Crippen LogP contribution in [0.4, 0.5) is 4.79 Å². The summed E-state index contributed by atoms with van der Waals surface area (Å²) in [4.78, 5) is 23.8. The molecule has 3 amide bonds. The highest BCUT2D eigenvalue weighted by molar-refractivity contribution is 6.00. The standard InChI is InChI=1S/C19H18N4O2/c1-12-16(20)17(23-19(25)22-12)18(24)21-11-13-6-5-9-15(10-13)14-7-3-2-4-8-14/h2-10H,1,11,20H2,(H,21,24)(H2,22,23,25). The number of nitrogens with one attached hydrogen (secondary N) is 3. The van der Waals surface area contributed by atoms with Crippen LogP contribution in [-0.2, 0) is 11.3 Å². The molecule has 0 fully saturated rings. The molecular formula is C19H18N4O2. The van der Waals surface area contributed by atoms with Gasteiger partial charge in [0.05, 0.1) is 11.4 Å². The average molecular weight is 334 g/mol. The number of nitrogens with two attached hydrogens (primary N) is 1. The summed E-state index contributed by atoms with van der Waals surface area (Å²) in [5.74, 6) is -0.460. The van der Waals surface area contributed by atoms with Crippen LogP contribution in [0, 0.1) is 0 Å². The Morgan fingerprint density at radius 1 is 1.04 bits per heavy atom. The maximum Gasteiger partial charge on any atom is 0.323 e. The molecule has 1 heterocycles. The Bertz CT molecular complexity index is 872. The first-order chi connectivity index (χ1) is 12.0. The Morgan fingerprint density at radius 3 is 2.52 bits per heavy atom. The van der Waals surface area contributed by atoms with Gasteiger partial charge in [0.1, 0.15) is 5.70 Å². The molecule has 6 heteroatoms. The third kappa shape index (κ3) is 3.69. The largest absolute Gasteiger partial charge is 0.395 e. The van der Waals surface area contributed by atoms with Crippen LogP contribution in [0.2, 0.25) is 0 Å². The Morgan fingerprint density at radius 2 is 1.76 bits per heavy atom. The lowest BCUT2D eigenvalue weighted by atomic mass is 10.0. The van der Waals surface area contributed by atoms with Crippen molar-refractivity contribution in [2.45, 2.75) is 6.54 Å². The molecule has 0 saturated carbocycles. The zero-order valence-electron chi connectivity index (χ0n) is 13.5. The molecule has 0 spiro atoms. The van der Waals surface area contributed by atoms with Crippen molar-refractivity contribution in [2.24, 2.45) is 5.73 Å². The molecule has 25 heavy (non-hydrogen) atoms. The van der Waals surface area contributed by atoms with E-state index in [1.165, 1.54) is 0 Å². The fourth-order valence-corrected chi connectivity index (χ4v) is 2.51. The van der Waals surface area contributed by atoms with E-state index in [1.807, 2.05) is 54.6 Å². The van der Waals surface area contributed by atoms with Gasteiger partial charge in [-0.2, -0.15) is 0 Å². The molecule has 0 aromatic heterocycles. The van der Waals surface area contributed by atoms with Crippen molar-refractivity contribution in [1.29, 1.82) is 0 Å². The molecule has 126 valence electrons. The quantitative estimate of drug-likeness (QED) is 0.688. The van der Waals surface area contributed by atoms with E-state index < -0.39 is 11.9 Å². The van der Waals surface area contributed by atoms with Crippen LogP contribution < -0.4 is 21.7 Å². The molecule has 0 bridgehead atoms. The summed E-state index contributed by atoms with van der Waals surface area (Å²) in [6, 6.07) is 17.3. The fraction of sp³-hybridized carbons (Fsp3) is 0.0526. The molecule has 6 nitrogen and oxygen atoms in total. The molecule has 1 aliphatic heterocycles. The Kier molecular flexibility index (Phi) is 4.52. The first-order valence-corrected chi connectivity index (χ1v) is 7.74. The second kappa shape index (κ2) is 6.92. The maximum absolute atomic E-state index is 12.3. The Labute approximate surface area is 145 Å². The maximum atomic E-state index is 12.3. The number of urea groups is 1. The molecule has 5 N–H and O–H groups in total. The van der Waals surface area contributed by atoms with Gasteiger partial charge in [-0.05, 0) is 22.8 Å². The molecule has 2 aromatic carbocycles. The molecule has 0 atom stereocenters. The van der Waals surface area contributed by atoms with Gasteiger partial charge in [-0.1, -0.05) is 55.1 Å². The third-order valence-corrected chi connectivity index (χ3v) is 3.81. The van der Waals surface area contributed by atoms with Gasteiger partial charge in [-0.25, -0.2) is 4.79 Å². The van der Waals surface area contributed by atoms with Gasteiger partial charge in [-0.15, -0.1) is 0 Å². The molecule has 0 radical (unpaired) electrons. The lowest BCUT2D eigenvalue weighted by Gasteiger charge is -2.20. The normalized spacial score (nSPS) is 13.9. The van der Waals surface area contributed by atoms with Crippen molar-refractivity contribution in [3.63, 3.8) is 0 Å². The van der Waals surface area contributed by atoms with Gasteiger partial charge >= 0.3 is 6.03 Å². The van der Waals surface area contributed by atoms with Crippen molar-refractivity contribution >= 4 is 11.9 Å². The van der Waals surface area contributed by atoms with E-state index >= 15 is 0 Å². The molecule has 0 aliphatic carbocycles. The van der Waals surface area contributed by atoms with Crippen LogP contribution in [0.25, 0.3) is 11.1 Å². The van der Waals surface area contributed by atoms with Gasteiger partial charge in [0.15, 0.2) is 0 Å². The van der Waals surface area contributed by atoms with E-state index in [9.17, 15) is 9.59 Å². The number of amides is 3. The van der Waals surface area contributed by atoms with Gasteiger partial charge < -0.3 is 21.7 Å². The molecule has 0 unspecified atom stereocenters. The zero-order valence-corrected chi connectivity index (χ0v) is 13.5. The van der Waals surface area contributed by atoms with Gasteiger partial charge in [0.25, 0.3) is 5.91 Å². The molecule has 1 aliphatic rings. The highest BCUT2D eigenvalue weighted by Gasteiger charge is 2.23. The van der Waals surface area contributed by atoms with Crippen LogP contribution in [0.5, 0.6) is 0 Å². The number of carbonyl (C=O) groups is 2. The van der Waals surface area contributed by atoms with E-state index in [1.54, 1.807) is 0 Å². The minimum atomic E-state index is -0.532. The van der Waals surface area contributed by atoms with Crippen molar-refractivity contribution in [1.82, 2.24) is 16.0 Å². The van der Waals surface area contributed by atoms with Crippen molar-refractivity contribution < 1.29 is 9.59 Å². The summed E-state index contributed by atoms with van der Waals surface area (Å²) in [7, 11) is 0. The van der Waals surface area contributed by atoms with Crippen molar-refractivity contribution in [3.8, 4) is 11.1 Å². The first kappa shape index (κ1) is 16.3. The van der Waals surface area contributed by atoms with E-state index in [4.69, 9.17) is 5.73 Å². The van der Waals surface area contributed by atoms with E-state index in [-0.39, 0.29) is 17.1 Å². The van der Waals surface area contributed by atoms with Gasteiger partial charge in [0, 0.05) is 6.54 Å². The predicted octanol–water partition coefficient (Wildman–Crippen LogP) is 1.97. The van der Waals surface area contributed by atoms with Gasteiger partial charge in [0.2, 0.25) is 0 Å². The van der Waals surface area contributed by atoms with Crippen LogP contribution in [0.3, 0.4) is 0 Å². The molecular weight excluding hydrogens is 316 g/mol. The smallest absolute Gasteiger partial charge is 0.323 e. The summed E-state index contributed by atoms with van der Waals surface area (Å²) in [6.07, 6.45) is 0. The van der Waals surface area contributed by atoms with E-state index in [2.05, 4.69) is 22.5 Å². The second-order valence-corrected chi connectivity index (χ2v) is 5.60. The third-order valence-electron chi connectivity index (χ3n) is 3.81. The van der Waals surface area contributed by atoms with E-state index in [0.29, 0.717) is 6.54 Å². The number of carbonyl (C=O) groups excluding carboxylic acids is 2. The van der Waals surface area contributed by atoms with Crippen LogP contribution >= 0.6 is 0 Å². The SMILES string of the molecule is C=C1NC(=O)NC(C(=O)NCc2cccc(-c3ccccc3)c2)=C1N. The Hall–Kier alpha value is -3.54. The minimum Gasteiger partial charge on any atom is -0.395 e. The lowest BCUT2D eigenvalue weighted by Crippen LogP contribution is -2.46. The summed E-state index contributed by atoms with van der Waals surface area (Å²) < 4.78 is 0. The number of rotatable bonds is 4. The number of hydrogen-bond donors (Lipinski definition) is 4. The lowest BCUT2D eigenvalue weighted by molar-refractivity contribution is -0.118. The summed E-state index contributed by atoms with van der Waals surface area (Å²) in [5, 5.41) is 7.57. The zero-order chi connectivity index (χ0) is 17.8. The van der Waals surface area contributed by atoms with Crippen LogP contribution in [0.15, 0.2) is 78.3 Å². The fourth-order valence-electron chi connectivity index (χ4n) is 2.51. The van der Waals surface area contributed by atoms with Gasteiger partial charge in [-0.3, -0.25) is 4.79 Å². The molecule has 2 aromatic rings. The Balaban J connectivity index is 1.72. The summed E-state index contributed by atoms with van der Waals surface area (Å²) in [6.45, 7) is 3.92. The monoisotopic (exact) mass is 334 g/mol. The number of hydrogen-bond acceptors (Lipinski definition) is 3. The molecule has 0 saturated heterocycles. The topological polar surface area (TPSA) is 96.2 Å². The number of benzene rings is 2. The van der Waals surface area contributed by atoms with Crippen LogP contribution in [0.1, 0.15) is 5.56 Å². The summed E-state index contributed by atoms with van der Waals surface area (Å²) in [5.41, 5.74) is 9.24. The van der Waals surface area contributed by atoms with Crippen molar-refractivity contribution in [3.05, 3.63) is 83.8 Å². The highest BCUT2D eigenvalue weighted by atomic mass is 16.2. The predicted molar refractivity (Wildman–Crippen MR) is 95.7 cm³/mol. The second-order valence-electron chi connectivity index (χ2n) is 5.60. The van der Waals surface area contributed by atoms with Crippen LogP contribution in [-0.4, -0.2) is 11.9 Å². The summed E-state index contributed by atoms with van der Waals surface area (Å²) >= 11 is 0. The first-order valence-electron chi connectivity index (χ1n) is 7.74. The minimum absolute atomic E-state index is 0.00737. The van der Waals surface area contributed by atoms with E-state index in [0.717, 1.165) is 16.7 Å². The highest BCUT2D eigenvalue weighted by Crippen LogP contribution is 2.20. The van der Waals surface area contributed by atoms with Crippen molar-refractivity contribution in [2.75, 3.05) is 0 Å². The molecule has 3 rings (SSSR count).